The van der Waals surface area contributed by atoms with Crippen LogP contribution >= 0.6 is 11.8 Å². The van der Waals surface area contributed by atoms with Crippen molar-refractivity contribution in [1.82, 2.24) is 4.98 Å². The number of phenolic OH excluding ortho intramolecular Hbond substituents is 1. The maximum absolute atomic E-state index is 11.2. The van der Waals surface area contributed by atoms with Crippen LogP contribution in [-0.4, -0.2) is 15.2 Å². The largest absolute Gasteiger partial charge is 0.508 e. The fourth-order valence-electron chi connectivity index (χ4n) is 1.32. The highest BCUT2D eigenvalue weighted by atomic mass is 32.2. The lowest BCUT2D eigenvalue weighted by molar-refractivity contribution is 0.467. The van der Waals surface area contributed by atoms with Gasteiger partial charge in [-0.05, 0) is 18.2 Å². The molecular formula is C12H11NO3S. The molecule has 5 heteroatoms. The molecule has 0 aliphatic carbocycles. The second-order valence-electron chi connectivity index (χ2n) is 3.49. The Bertz CT molecular complexity index is 580. The number of rotatable bonds is 3. The number of aromatic nitrogens is 1. The zero-order valence-electron chi connectivity index (χ0n) is 8.88. The standard InChI is InChI=1S/C12H11NO3S/c14-9-2-1-3-10(5-9)17-7-8-4-11(15)12(16)6-13-8/h1-6,14,16H,7H2,(H,13,15). The summed E-state index contributed by atoms with van der Waals surface area (Å²) in [5.41, 5.74) is 0.330. The van der Waals surface area contributed by atoms with Gasteiger partial charge in [-0.3, -0.25) is 4.79 Å². The number of hydrogen-bond acceptors (Lipinski definition) is 4. The Morgan fingerprint density at radius 1 is 1.24 bits per heavy atom. The molecule has 0 amide bonds. The molecule has 1 aromatic carbocycles. The Hall–Kier alpha value is -1.88. The number of hydrogen-bond donors (Lipinski definition) is 3. The van der Waals surface area contributed by atoms with Gasteiger partial charge in [0.15, 0.2) is 5.75 Å². The van der Waals surface area contributed by atoms with Crippen molar-refractivity contribution in [1.29, 1.82) is 0 Å². The average Bonchev–Trinajstić information content (AvgIpc) is 2.31. The number of nitrogens with one attached hydrogen (secondary N) is 1. The number of phenols is 1. The fourth-order valence-corrected chi connectivity index (χ4v) is 2.19. The van der Waals surface area contributed by atoms with E-state index in [-0.39, 0.29) is 11.5 Å². The summed E-state index contributed by atoms with van der Waals surface area (Å²) in [6.07, 6.45) is 1.28. The highest BCUT2D eigenvalue weighted by Crippen LogP contribution is 2.24. The molecular weight excluding hydrogens is 238 g/mol. The van der Waals surface area contributed by atoms with Crippen molar-refractivity contribution in [3.63, 3.8) is 0 Å². The van der Waals surface area contributed by atoms with E-state index >= 15 is 0 Å². The predicted molar refractivity (Wildman–Crippen MR) is 66.4 cm³/mol. The molecule has 0 unspecified atom stereocenters. The van der Waals surface area contributed by atoms with Gasteiger partial charge in [0.1, 0.15) is 5.75 Å². The number of benzene rings is 1. The number of H-pyrrole nitrogens is 1. The van der Waals surface area contributed by atoms with Gasteiger partial charge in [0.25, 0.3) is 0 Å². The van der Waals surface area contributed by atoms with Crippen molar-refractivity contribution in [3.05, 3.63) is 52.4 Å². The summed E-state index contributed by atoms with van der Waals surface area (Å²) in [6, 6.07) is 8.26. The van der Waals surface area contributed by atoms with Gasteiger partial charge in [0, 0.05) is 28.6 Å². The first kappa shape index (κ1) is 11.6. The third-order valence-electron chi connectivity index (χ3n) is 2.16. The van der Waals surface area contributed by atoms with Crippen LogP contribution in [0, 0.1) is 0 Å². The highest BCUT2D eigenvalue weighted by molar-refractivity contribution is 7.98. The third kappa shape index (κ3) is 3.04. The number of aromatic amines is 1. The molecule has 1 aromatic heterocycles. The second kappa shape index (κ2) is 4.97. The van der Waals surface area contributed by atoms with E-state index in [0.29, 0.717) is 5.75 Å². The molecule has 88 valence electrons. The summed E-state index contributed by atoms with van der Waals surface area (Å²) in [5, 5.41) is 18.4. The lowest BCUT2D eigenvalue weighted by atomic mass is 10.3. The second-order valence-corrected chi connectivity index (χ2v) is 4.54. The van der Waals surface area contributed by atoms with E-state index in [1.165, 1.54) is 24.0 Å². The van der Waals surface area contributed by atoms with Crippen LogP contribution in [-0.2, 0) is 5.75 Å². The minimum absolute atomic E-state index is 0.217. The molecule has 0 spiro atoms. The molecule has 4 nitrogen and oxygen atoms in total. The molecule has 0 aliphatic rings. The Labute approximate surface area is 102 Å². The monoisotopic (exact) mass is 249 g/mol. The molecule has 0 aliphatic heterocycles. The lowest BCUT2D eigenvalue weighted by Crippen LogP contribution is -2.01. The maximum atomic E-state index is 11.2. The number of aromatic hydroxyl groups is 2. The molecule has 17 heavy (non-hydrogen) atoms. The third-order valence-corrected chi connectivity index (χ3v) is 3.21. The summed E-state index contributed by atoms with van der Waals surface area (Å²) < 4.78 is 0. The van der Waals surface area contributed by atoms with Gasteiger partial charge in [-0.25, -0.2) is 0 Å². The smallest absolute Gasteiger partial charge is 0.223 e. The lowest BCUT2D eigenvalue weighted by Gasteiger charge is -2.02. The van der Waals surface area contributed by atoms with Crippen LogP contribution in [0.25, 0.3) is 0 Å². The number of pyridine rings is 1. The zero-order valence-corrected chi connectivity index (χ0v) is 9.70. The van der Waals surface area contributed by atoms with E-state index in [1.54, 1.807) is 18.2 Å². The molecule has 0 saturated carbocycles. The van der Waals surface area contributed by atoms with E-state index < -0.39 is 5.43 Å². The van der Waals surface area contributed by atoms with Crippen LogP contribution in [0.15, 0.2) is 46.2 Å². The summed E-state index contributed by atoms with van der Waals surface area (Å²) in [4.78, 5) is 14.9. The SMILES string of the molecule is O=c1cc(CSc2cccc(O)c2)[nH]cc1O. The van der Waals surface area contributed by atoms with Gasteiger partial charge < -0.3 is 15.2 Å². The summed E-state index contributed by atoms with van der Waals surface area (Å²) in [5.74, 6) is 0.504. The Morgan fingerprint density at radius 2 is 2.06 bits per heavy atom. The van der Waals surface area contributed by atoms with Gasteiger partial charge in [-0.2, -0.15) is 0 Å². The Kier molecular flexibility index (Phi) is 3.39. The number of thioether (sulfide) groups is 1. The van der Waals surface area contributed by atoms with E-state index in [9.17, 15) is 9.90 Å². The van der Waals surface area contributed by atoms with Crippen molar-refractivity contribution in [2.24, 2.45) is 0 Å². The molecule has 0 bridgehead atoms. The molecule has 0 radical (unpaired) electrons. The van der Waals surface area contributed by atoms with Crippen molar-refractivity contribution in [3.8, 4) is 11.5 Å². The van der Waals surface area contributed by atoms with Crippen molar-refractivity contribution in [2.45, 2.75) is 10.6 Å². The van der Waals surface area contributed by atoms with Gasteiger partial charge >= 0.3 is 0 Å². The minimum Gasteiger partial charge on any atom is -0.508 e. The molecule has 1 heterocycles. The molecule has 0 saturated heterocycles. The van der Waals surface area contributed by atoms with Crippen LogP contribution in [0.1, 0.15) is 5.69 Å². The van der Waals surface area contributed by atoms with E-state index in [4.69, 9.17) is 5.11 Å². The van der Waals surface area contributed by atoms with Gasteiger partial charge in [-0.1, -0.05) is 6.07 Å². The van der Waals surface area contributed by atoms with Crippen LogP contribution in [0.3, 0.4) is 0 Å². The predicted octanol–water partition coefficient (Wildman–Crippen LogP) is 2.08. The summed E-state index contributed by atoms with van der Waals surface area (Å²) in [7, 11) is 0. The molecule has 0 fully saturated rings. The van der Waals surface area contributed by atoms with Gasteiger partial charge in [0.2, 0.25) is 5.43 Å². The first-order valence-corrected chi connectivity index (χ1v) is 5.96. The fraction of sp³-hybridized carbons (Fsp3) is 0.0833. The zero-order chi connectivity index (χ0) is 12.3. The first-order chi connectivity index (χ1) is 8.15. The normalized spacial score (nSPS) is 10.4. The van der Waals surface area contributed by atoms with Crippen LogP contribution in [0.5, 0.6) is 11.5 Å². The minimum atomic E-state index is -0.393. The molecule has 2 aromatic rings. The highest BCUT2D eigenvalue weighted by Gasteiger charge is 2.01. The Balaban J connectivity index is 2.07. The molecule has 0 atom stereocenters. The molecule has 2 rings (SSSR count). The average molecular weight is 249 g/mol. The van der Waals surface area contributed by atoms with Crippen molar-refractivity contribution < 1.29 is 10.2 Å². The first-order valence-electron chi connectivity index (χ1n) is 4.97. The van der Waals surface area contributed by atoms with E-state index in [1.807, 2.05) is 6.07 Å². The summed E-state index contributed by atoms with van der Waals surface area (Å²) >= 11 is 1.49. The van der Waals surface area contributed by atoms with Crippen molar-refractivity contribution >= 4 is 11.8 Å². The maximum Gasteiger partial charge on any atom is 0.223 e. The quantitative estimate of drug-likeness (QED) is 0.728. The van der Waals surface area contributed by atoms with Crippen LogP contribution in [0.2, 0.25) is 0 Å². The summed E-state index contributed by atoms with van der Waals surface area (Å²) in [6.45, 7) is 0. The van der Waals surface area contributed by atoms with Crippen LogP contribution in [0.4, 0.5) is 0 Å². The topological polar surface area (TPSA) is 73.3 Å². The van der Waals surface area contributed by atoms with Crippen LogP contribution < -0.4 is 5.43 Å². The Morgan fingerprint density at radius 3 is 2.76 bits per heavy atom. The van der Waals surface area contributed by atoms with E-state index in [0.717, 1.165) is 10.6 Å². The van der Waals surface area contributed by atoms with E-state index in [2.05, 4.69) is 4.98 Å². The van der Waals surface area contributed by atoms with Crippen molar-refractivity contribution in [2.75, 3.05) is 0 Å². The van der Waals surface area contributed by atoms with Gasteiger partial charge in [-0.15, -0.1) is 11.8 Å². The van der Waals surface area contributed by atoms with Gasteiger partial charge in [0.05, 0.1) is 0 Å². The molecule has 3 N–H and O–H groups in total.